The number of esters is 1. The molecule has 0 unspecified atom stereocenters. The van der Waals surface area contributed by atoms with E-state index in [1.807, 2.05) is 12.1 Å². The molecule has 4 rings (SSSR count). The molecular weight excluding hydrogens is 372 g/mol. The fraction of sp³-hybridized carbons (Fsp3) is 0.263. The van der Waals surface area contributed by atoms with Crippen molar-refractivity contribution in [1.82, 2.24) is 25.1 Å². The Balaban J connectivity index is 1.42. The van der Waals surface area contributed by atoms with Crippen LogP contribution in [0.2, 0.25) is 0 Å². The number of ether oxygens (including phenoxy) is 1. The predicted molar refractivity (Wildman–Crippen MR) is 107 cm³/mol. The van der Waals surface area contributed by atoms with Gasteiger partial charge in [0.1, 0.15) is 0 Å². The number of benzene rings is 1. The molecule has 0 spiro atoms. The first kappa shape index (κ1) is 18.5. The Kier molecular flexibility index (Phi) is 5.41. The smallest absolute Gasteiger partial charge is 0.337 e. The minimum absolute atomic E-state index is 0.360. The number of piperazine rings is 1. The van der Waals surface area contributed by atoms with E-state index in [4.69, 9.17) is 4.74 Å². The standard InChI is InChI=1S/C19H20N8O2/c1-29-17(28)14-4-2-5-15(12-14)23-18-24-16(13-22-25-18)26-8-10-27(11-9-26)19-20-6-3-7-21-19/h2-7,12-13H,8-11H2,1H3,(H,23,24,25). The van der Waals surface area contributed by atoms with Gasteiger partial charge in [-0.1, -0.05) is 6.07 Å². The summed E-state index contributed by atoms with van der Waals surface area (Å²) in [6.07, 6.45) is 5.14. The topological polar surface area (TPSA) is 109 Å². The van der Waals surface area contributed by atoms with Gasteiger partial charge in [-0.25, -0.2) is 14.8 Å². The highest BCUT2D eigenvalue weighted by Gasteiger charge is 2.20. The molecule has 0 aliphatic carbocycles. The molecule has 1 aromatic carbocycles. The molecule has 2 aromatic heterocycles. The number of anilines is 4. The lowest BCUT2D eigenvalue weighted by Crippen LogP contribution is -2.47. The highest BCUT2D eigenvalue weighted by Crippen LogP contribution is 2.19. The van der Waals surface area contributed by atoms with Crippen LogP contribution in [0.4, 0.5) is 23.4 Å². The van der Waals surface area contributed by atoms with Gasteiger partial charge in [0.25, 0.3) is 0 Å². The molecule has 1 N–H and O–H groups in total. The summed E-state index contributed by atoms with van der Waals surface area (Å²) in [7, 11) is 1.35. The van der Waals surface area contributed by atoms with Crippen molar-refractivity contribution in [2.24, 2.45) is 0 Å². The number of carbonyl (C=O) groups is 1. The quantitative estimate of drug-likeness (QED) is 0.642. The molecule has 29 heavy (non-hydrogen) atoms. The molecule has 3 heterocycles. The minimum atomic E-state index is -0.401. The fourth-order valence-electron chi connectivity index (χ4n) is 3.06. The van der Waals surface area contributed by atoms with Crippen LogP contribution in [0.3, 0.4) is 0 Å². The monoisotopic (exact) mass is 392 g/mol. The van der Waals surface area contributed by atoms with Crippen LogP contribution in [0.5, 0.6) is 0 Å². The Morgan fingerprint density at radius 3 is 2.59 bits per heavy atom. The van der Waals surface area contributed by atoms with Gasteiger partial charge in [-0.15, -0.1) is 5.10 Å². The van der Waals surface area contributed by atoms with Gasteiger partial charge in [-0.2, -0.15) is 10.1 Å². The van der Waals surface area contributed by atoms with Crippen LogP contribution in [-0.2, 0) is 4.74 Å². The highest BCUT2D eigenvalue weighted by atomic mass is 16.5. The second-order valence-electron chi connectivity index (χ2n) is 6.36. The van der Waals surface area contributed by atoms with E-state index in [2.05, 4.69) is 40.3 Å². The Labute approximate surface area is 167 Å². The second-order valence-corrected chi connectivity index (χ2v) is 6.36. The third-order valence-electron chi connectivity index (χ3n) is 4.52. The molecule has 3 aromatic rings. The number of methoxy groups -OCH3 is 1. The van der Waals surface area contributed by atoms with E-state index >= 15 is 0 Å². The van der Waals surface area contributed by atoms with E-state index < -0.39 is 5.97 Å². The maximum Gasteiger partial charge on any atom is 0.337 e. The maximum atomic E-state index is 11.7. The van der Waals surface area contributed by atoms with E-state index in [0.717, 1.165) is 37.9 Å². The zero-order valence-electron chi connectivity index (χ0n) is 15.9. The largest absolute Gasteiger partial charge is 0.465 e. The Bertz CT molecular complexity index is 977. The molecule has 1 aliphatic heterocycles. The van der Waals surface area contributed by atoms with Gasteiger partial charge in [-0.05, 0) is 24.3 Å². The van der Waals surface area contributed by atoms with Crippen molar-refractivity contribution in [3.63, 3.8) is 0 Å². The average Bonchev–Trinajstić information content (AvgIpc) is 2.79. The fourth-order valence-corrected chi connectivity index (χ4v) is 3.06. The summed E-state index contributed by atoms with van der Waals surface area (Å²) in [4.78, 5) is 29.1. The summed E-state index contributed by atoms with van der Waals surface area (Å²) >= 11 is 0. The van der Waals surface area contributed by atoms with E-state index in [1.165, 1.54) is 7.11 Å². The number of nitrogens with one attached hydrogen (secondary N) is 1. The van der Waals surface area contributed by atoms with Crippen molar-refractivity contribution in [3.05, 3.63) is 54.5 Å². The zero-order chi connectivity index (χ0) is 20.1. The van der Waals surface area contributed by atoms with Crippen LogP contribution in [0.15, 0.2) is 48.9 Å². The van der Waals surface area contributed by atoms with Crippen molar-refractivity contribution in [2.45, 2.75) is 0 Å². The number of hydrogen-bond donors (Lipinski definition) is 1. The van der Waals surface area contributed by atoms with Crippen LogP contribution in [0.1, 0.15) is 10.4 Å². The molecule has 10 nitrogen and oxygen atoms in total. The first-order valence-electron chi connectivity index (χ1n) is 9.15. The highest BCUT2D eigenvalue weighted by molar-refractivity contribution is 5.90. The molecule has 1 fully saturated rings. The van der Waals surface area contributed by atoms with Crippen LogP contribution >= 0.6 is 0 Å². The summed E-state index contributed by atoms with van der Waals surface area (Å²) in [6.45, 7) is 3.12. The van der Waals surface area contributed by atoms with Crippen molar-refractivity contribution in [2.75, 3.05) is 48.4 Å². The molecule has 1 aliphatic rings. The van der Waals surface area contributed by atoms with Gasteiger partial charge in [0.2, 0.25) is 11.9 Å². The van der Waals surface area contributed by atoms with Crippen molar-refractivity contribution in [3.8, 4) is 0 Å². The lowest BCUT2D eigenvalue weighted by molar-refractivity contribution is 0.0601. The summed E-state index contributed by atoms with van der Waals surface area (Å²) in [5.74, 6) is 1.43. The lowest BCUT2D eigenvalue weighted by Gasteiger charge is -2.35. The van der Waals surface area contributed by atoms with Crippen LogP contribution in [0.25, 0.3) is 0 Å². The summed E-state index contributed by atoms with van der Waals surface area (Å²) in [5, 5.41) is 11.2. The maximum absolute atomic E-state index is 11.7. The number of nitrogens with zero attached hydrogens (tertiary/aromatic N) is 7. The van der Waals surface area contributed by atoms with Crippen molar-refractivity contribution >= 4 is 29.4 Å². The lowest BCUT2D eigenvalue weighted by atomic mass is 10.2. The van der Waals surface area contributed by atoms with E-state index in [1.54, 1.807) is 36.8 Å². The predicted octanol–water partition coefficient (Wildman–Crippen LogP) is 1.52. The second kappa shape index (κ2) is 8.46. The molecule has 0 saturated carbocycles. The number of aromatic nitrogens is 5. The molecule has 1 saturated heterocycles. The molecular formula is C19H20N8O2. The number of carbonyl (C=O) groups excluding carboxylic acids is 1. The number of hydrogen-bond acceptors (Lipinski definition) is 10. The Hall–Kier alpha value is -3.82. The Morgan fingerprint density at radius 2 is 1.83 bits per heavy atom. The van der Waals surface area contributed by atoms with Gasteiger partial charge < -0.3 is 19.9 Å². The third-order valence-corrected chi connectivity index (χ3v) is 4.52. The van der Waals surface area contributed by atoms with Crippen LogP contribution in [0, 0.1) is 0 Å². The van der Waals surface area contributed by atoms with E-state index in [9.17, 15) is 4.79 Å². The SMILES string of the molecule is COC(=O)c1cccc(Nc2nncc(N3CCN(c4ncccn4)CC3)n2)c1. The van der Waals surface area contributed by atoms with E-state index in [-0.39, 0.29) is 0 Å². The molecule has 148 valence electrons. The number of rotatable bonds is 5. The molecule has 10 heteroatoms. The molecule has 0 radical (unpaired) electrons. The molecule has 0 bridgehead atoms. The average molecular weight is 392 g/mol. The minimum Gasteiger partial charge on any atom is -0.465 e. The summed E-state index contributed by atoms with van der Waals surface area (Å²) in [6, 6.07) is 8.75. The summed E-state index contributed by atoms with van der Waals surface area (Å²) < 4.78 is 4.75. The normalized spacial score (nSPS) is 13.8. The molecule has 0 atom stereocenters. The van der Waals surface area contributed by atoms with Crippen LogP contribution < -0.4 is 15.1 Å². The van der Waals surface area contributed by atoms with Crippen molar-refractivity contribution in [1.29, 1.82) is 0 Å². The van der Waals surface area contributed by atoms with Gasteiger partial charge in [0, 0.05) is 44.3 Å². The Morgan fingerprint density at radius 1 is 1.07 bits per heavy atom. The summed E-state index contributed by atoms with van der Waals surface area (Å²) in [5.41, 5.74) is 1.12. The third kappa shape index (κ3) is 4.37. The first-order valence-corrected chi connectivity index (χ1v) is 9.15. The van der Waals surface area contributed by atoms with Gasteiger partial charge in [0.05, 0.1) is 18.9 Å². The van der Waals surface area contributed by atoms with Crippen LogP contribution in [-0.4, -0.2) is 64.4 Å². The molecule has 0 amide bonds. The van der Waals surface area contributed by atoms with Gasteiger partial charge >= 0.3 is 5.97 Å². The van der Waals surface area contributed by atoms with Gasteiger partial charge in [0.15, 0.2) is 5.82 Å². The van der Waals surface area contributed by atoms with Gasteiger partial charge in [-0.3, -0.25) is 0 Å². The van der Waals surface area contributed by atoms with Crippen molar-refractivity contribution < 1.29 is 9.53 Å². The van der Waals surface area contributed by atoms with E-state index in [0.29, 0.717) is 17.2 Å². The zero-order valence-corrected chi connectivity index (χ0v) is 15.9. The first-order chi connectivity index (χ1) is 14.2.